The molecule has 0 saturated carbocycles. The first kappa shape index (κ1) is 16.6. The van der Waals surface area contributed by atoms with Gasteiger partial charge in [0.15, 0.2) is 5.78 Å². The van der Waals surface area contributed by atoms with Crippen molar-refractivity contribution in [3.05, 3.63) is 33.7 Å². The van der Waals surface area contributed by atoms with Crippen LogP contribution in [-0.4, -0.2) is 23.5 Å². The molecule has 1 N–H and O–H groups in total. The van der Waals surface area contributed by atoms with E-state index in [0.717, 1.165) is 21.2 Å². The molecule has 0 aliphatic carbocycles. The van der Waals surface area contributed by atoms with E-state index in [-0.39, 0.29) is 11.8 Å². The summed E-state index contributed by atoms with van der Waals surface area (Å²) in [5, 5.41) is 11.0. The van der Waals surface area contributed by atoms with E-state index in [0.29, 0.717) is 23.5 Å². The SMILES string of the molecule is CCOC(=O)c1sc2c(C(C)=O)ccc(C(O)CC)c2c1C. The Kier molecular flexibility index (Phi) is 4.98. The van der Waals surface area contributed by atoms with Gasteiger partial charge in [-0.3, -0.25) is 4.79 Å². The van der Waals surface area contributed by atoms with Gasteiger partial charge >= 0.3 is 5.97 Å². The minimum absolute atomic E-state index is 0.0563. The average molecular weight is 320 g/mol. The molecule has 5 heteroatoms. The van der Waals surface area contributed by atoms with Crippen LogP contribution in [-0.2, 0) is 4.74 Å². The number of ketones is 1. The standard InChI is InChI=1S/C17H20O4S/c1-5-13(19)12-8-7-11(10(4)18)16-14(12)9(3)15(22-16)17(20)21-6-2/h7-8,13,19H,5-6H2,1-4H3. The van der Waals surface area contributed by atoms with E-state index in [1.807, 2.05) is 13.8 Å². The van der Waals surface area contributed by atoms with Gasteiger partial charge in [0.2, 0.25) is 0 Å². The van der Waals surface area contributed by atoms with Crippen molar-refractivity contribution < 1.29 is 19.4 Å². The molecule has 1 atom stereocenters. The highest BCUT2D eigenvalue weighted by Gasteiger charge is 2.23. The number of Topliss-reactive ketones (excluding diaryl/α,β-unsaturated/α-hetero) is 1. The molecule has 4 nitrogen and oxygen atoms in total. The maximum atomic E-state index is 12.1. The number of aliphatic hydroxyl groups excluding tert-OH is 1. The zero-order valence-corrected chi connectivity index (χ0v) is 14.0. The lowest BCUT2D eigenvalue weighted by Gasteiger charge is -2.12. The maximum Gasteiger partial charge on any atom is 0.348 e. The highest BCUT2D eigenvalue weighted by Crippen LogP contribution is 2.39. The van der Waals surface area contributed by atoms with Gasteiger partial charge in [-0.1, -0.05) is 13.0 Å². The first-order chi connectivity index (χ1) is 10.4. The molecule has 1 aromatic carbocycles. The zero-order valence-electron chi connectivity index (χ0n) is 13.2. The molecule has 118 valence electrons. The number of carbonyl (C=O) groups excluding carboxylic acids is 2. The van der Waals surface area contributed by atoms with Crippen LogP contribution in [0.3, 0.4) is 0 Å². The Labute approximate surface area is 133 Å². The molecule has 0 bridgehead atoms. The smallest absolute Gasteiger partial charge is 0.348 e. The Bertz CT molecular complexity index is 730. The summed E-state index contributed by atoms with van der Waals surface area (Å²) in [7, 11) is 0. The van der Waals surface area contributed by atoms with E-state index in [2.05, 4.69) is 0 Å². The predicted molar refractivity (Wildman–Crippen MR) is 87.8 cm³/mol. The number of esters is 1. The molecule has 0 radical (unpaired) electrons. The van der Waals surface area contributed by atoms with Gasteiger partial charge in [0.25, 0.3) is 0 Å². The highest BCUT2D eigenvalue weighted by molar-refractivity contribution is 7.21. The molecule has 0 aliphatic rings. The molecule has 0 saturated heterocycles. The molecule has 0 spiro atoms. The number of thiophene rings is 1. The molecular formula is C17H20O4S. The predicted octanol–water partition coefficient (Wildman–Crippen LogP) is 4.03. The van der Waals surface area contributed by atoms with Crippen molar-refractivity contribution in [2.24, 2.45) is 0 Å². The summed E-state index contributed by atoms with van der Waals surface area (Å²) < 4.78 is 5.84. The van der Waals surface area contributed by atoms with Gasteiger partial charge in [-0.25, -0.2) is 4.79 Å². The Morgan fingerprint density at radius 2 is 2.00 bits per heavy atom. The second-order valence-corrected chi connectivity index (χ2v) is 6.18. The van der Waals surface area contributed by atoms with Gasteiger partial charge in [-0.05, 0) is 44.4 Å². The molecule has 1 aromatic heterocycles. The Morgan fingerprint density at radius 1 is 1.32 bits per heavy atom. The third-order valence-electron chi connectivity index (χ3n) is 3.70. The third kappa shape index (κ3) is 2.78. The van der Waals surface area contributed by atoms with E-state index in [1.165, 1.54) is 18.3 Å². The molecule has 0 aliphatic heterocycles. The molecule has 0 amide bonds. The number of fused-ring (bicyclic) bond motifs is 1. The Hall–Kier alpha value is -1.72. The first-order valence-electron chi connectivity index (χ1n) is 7.34. The average Bonchev–Trinajstić information content (AvgIpc) is 2.83. The van der Waals surface area contributed by atoms with Crippen LogP contribution in [0.4, 0.5) is 0 Å². The van der Waals surface area contributed by atoms with Gasteiger partial charge in [-0.2, -0.15) is 0 Å². The Balaban J connectivity index is 2.78. The van der Waals surface area contributed by atoms with Crippen LogP contribution < -0.4 is 0 Å². The van der Waals surface area contributed by atoms with Crippen LogP contribution in [0.25, 0.3) is 10.1 Å². The summed E-state index contributed by atoms with van der Waals surface area (Å²) in [6, 6.07) is 3.51. The van der Waals surface area contributed by atoms with Gasteiger partial charge in [-0.15, -0.1) is 11.3 Å². The summed E-state index contributed by atoms with van der Waals surface area (Å²) in [6.07, 6.45) is -0.0507. The third-order valence-corrected chi connectivity index (χ3v) is 5.00. The number of aryl methyl sites for hydroxylation is 1. The molecule has 2 rings (SSSR count). The van der Waals surface area contributed by atoms with Crippen molar-refractivity contribution in [2.45, 2.75) is 40.2 Å². The summed E-state index contributed by atoms with van der Waals surface area (Å²) in [4.78, 5) is 24.5. The zero-order chi connectivity index (χ0) is 16.4. The van der Waals surface area contributed by atoms with Crippen LogP contribution in [0.15, 0.2) is 12.1 Å². The number of aliphatic hydroxyl groups is 1. The minimum atomic E-state index is -0.619. The lowest BCUT2D eigenvalue weighted by Crippen LogP contribution is -2.04. The van der Waals surface area contributed by atoms with Gasteiger partial charge in [0, 0.05) is 15.6 Å². The second kappa shape index (κ2) is 6.58. The van der Waals surface area contributed by atoms with Crippen LogP contribution in [0, 0.1) is 6.92 Å². The molecule has 1 unspecified atom stereocenters. The van der Waals surface area contributed by atoms with Crippen molar-refractivity contribution in [2.75, 3.05) is 6.61 Å². The van der Waals surface area contributed by atoms with Crippen molar-refractivity contribution >= 4 is 33.2 Å². The lowest BCUT2D eigenvalue weighted by molar-refractivity contribution is 0.0531. The van der Waals surface area contributed by atoms with Gasteiger partial charge < -0.3 is 9.84 Å². The number of benzene rings is 1. The minimum Gasteiger partial charge on any atom is -0.462 e. The van der Waals surface area contributed by atoms with E-state index in [9.17, 15) is 14.7 Å². The van der Waals surface area contributed by atoms with Gasteiger partial charge in [0.05, 0.1) is 12.7 Å². The monoisotopic (exact) mass is 320 g/mol. The molecule has 1 heterocycles. The second-order valence-electron chi connectivity index (χ2n) is 5.16. The van der Waals surface area contributed by atoms with E-state index in [1.54, 1.807) is 19.1 Å². The maximum absolute atomic E-state index is 12.1. The highest BCUT2D eigenvalue weighted by atomic mass is 32.1. The van der Waals surface area contributed by atoms with E-state index in [4.69, 9.17) is 4.74 Å². The molecule has 2 aromatic rings. The molecule has 22 heavy (non-hydrogen) atoms. The van der Waals surface area contributed by atoms with Crippen LogP contribution in [0.5, 0.6) is 0 Å². The van der Waals surface area contributed by atoms with E-state index < -0.39 is 6.10 Å². The van der Waals surface area contributed by atoms with Crippen LogP contribution >= 0.6 is 11.3 Å². The summed E-state index contributed by atoms with van der Waals surface area (Å²) in [5.41, 5.74) is 2.10. The summed E-state index contributed by atoms with van der Waals surface area (Å²) in [6.45, 7) is 7.29. The van der Waals surface area contributed by atoms with Crippen molar-refractivity contribution in [1.82, 2.24) is 0 Å². The molecule has 0 fully saturated rings. The van der Waals surface area contributed by atoms with Crippen molar-refractivity contribution in [3.63, 3.8) is 0 Å². The van der Waals surface area contributed by atoms with Crippen molar-refractivity contribution in [3.8, 4) is 0 Å². The fourth-order valence-corrected chi connectivity index (χ4v) is 3.85. The topological polar surface area (TPSA) is 63.6 Å². The fraction of sp³-hybridized carbons (Fsp3) is 0.412. The largest absolute Gasteiger partial charge is 0.462 e. The number of carbonyl (C=O) groups is 2. The van der Waals surface area contributed by atoms with Gasteiger partial charge in [0.1, 0.15) is 4.88 Å². The number of ether oxygens (including phenoxy) is 1. The quantitative estimate of drug-likeness (QED) is 0.667. The van der Waals surface area contributed by atoms with E-state index >= 15 is 0 Å². The number of hydrogen-bond donors (Lipinski definition) is 1. The normalized spacial score (nSPS) is 12.4. The Morgan fingerprint density at radius 3 is 2.55 bits per heavy atom. The summed E-state index contributed by atoms with van der Waals surface area (Å²) >= 11 is 1.26. The first-order valence-corrected chi connectivity index (χ1v) is 8.16. The van der Waals surface area contributed by atoms with Crippen molar-refractivity contribution in [1.29, 1.82) is 0 Å². The van der Waals surface area contributed by atoms with Crippen LogP contribution in [0.1, 0.15) is 64.5 Å². The summed E-state index contributed by atoms with van der Waals surface area (Å²) in [5.74, 6) is -0.438. The number of rotatable bonds is 5. The molecular weight excluding hydrogens is 300 g/mol. The fourth-order valence-electron chi connectivity index (χ4n) is 2.55. The van der Waals surface area contributed by atoms with Crippen LogP contribution in [0.2, 0.25) is 0 Å². The number of hydrogen-bond acceptors (Lipinski definition) is 5. The lowest BCUT2D eigenvalue weighted by atomic mass is 9.96.